The molecule has 2 fully saturated rings. The molecule has 41 heavy (non-hydrogen) atoms. The summed E-state index contributed by atoms with van der Waals surface area (Å²) in [5.41, 5.74) is 3.22. The Morgan fingerprint density at radius 2 is 2.12 bits per heavy atom. The predicted molar refractivity (Wildman–Crippen MR) is 159 cm³/mol. The molecule has 1 aromatic heterocycles. The molecule has 0 radical (unpaired) electrons. The van der Waals surface area contributed by atoms with E-state index in [0.717, 1.165) is 49.3 Å². The average molecular weight is 562 g/mol. The molecule has 2 bridgehead atoms. The van der Waals surface area contributed by atoms with Crippen molar-refractivity contribution in [2.45, 2.75) is 44.8 Å². The zero-order chi connectivity index (χ0) is 28.6. The first kappa shape index (κ1) is 29.1. The molecular weight excluding hydrogens is 518 g/mol. The number of ether oxygens (including phenoxy) is 2. The number of methoxy groups -OCH3 is 1. The maximum Gasteiger partial charge on any atom is 0.236 e. The molecule has 2 saturated heterocycles. The Bertz CT molecular complexity index is 1210. The first-order valence-electron chi connectivity index (χ1n) is 14.8. The smallest absolute Gasteiger partial charge is 0.236 e. The lowest BCUT2D eigenvalue weighted by Crippen LogP contribution is -2.47. The van der Waals surface area contributed by atoms with Gasteiger partial charge in [0, 0.05) is 76.9 Å². The van der Waals surface area contributed by atoms with Crippen LogP contribution in [0.25, 0.3) is 0 Å². The first-order valence-corrected chi connectivity index (χ1v) is 14.8. The zero-order valence-electron chi connectivity index (χ0n) is 24.3. The van der Waals surface area contributed by atoms with E-state index in [4.69, 9.17) is 9.47 Å². The Balaban J connectivity index is 1.26. The van der Waals surface area contributed by atoms with Crippen molar-refractivity contribution >= 4 is 17.5 Å². The van der Waals surface area contributed by atoms with Crippen LogP contribution in [0.15, 0.2) is 54.9 Å². The van der Waals surface area contributed by atoms with Crippen LogP contribution in [0.2, 0.25) is 0 Å². The number of benzene rings is 1. The third-order valence-electron chi connectivity index (χ3n) is 8.59. The molecule has 2 amide bonds. The van der Waals surface area contributed by atoms with E-state index >= 15 is 0 Å². The van der Waals surface area contributed by atoms with Crippen LogP contribution in [-0.2, 0) is 27.4 Å². The fraction of sp³-hybridized carbons (Fsp3) is 0.531. The van der Waals surface area contributed by atoms with Gasteiger partial charge in [-0.25, -0.2) is 0 Å². The second kappa shape index (κ2) is 14.0. The van der Waals surface area contributed by atoms with Crippen LogP contribution in [-0.4, -0.2) is 86.2 Å². The number of nitrogens with one attached hydrogen (secondary N) is 1. The van der Waals surface area contributed by atoms with Crippen molar-refractivity contribution in [2.24, 2.45) is 11.8 Å². The molecule has 2 aromatic rings. The Hall–Kier alpha value is -3.43. The van der Waals surface area contributed by atoms with Gasteiger partial charge in [-0.2, -0.15) is 0 Å². The number of anilines is 1. The average Bonchev–Trinajstić information content (AvgIpc) is 3.45. The van der Waals surface area contributed by atoms with E-state index in [2.05, 4.69) is 33.4 Å². The number of hydrogen-bond donors (Lipinski definition) is 1. The molecule has 1 N–H and O–H groups in total. The van der Waals surface area contributed by atoms with Gasteiger partial charge in [0.25, 0.3) is 0 Å². The number of hydrogen-bond acceptors (Lipinski definition) is 7. The lowest BCUT2D eigenvalue weighted by Gasteiger charge is -2.37. The predicted octanol–water partition coefficient (Wildman–Crippen LogP) is 3.25. The van der Waals surface area contributed by atoms with Gasteiger partial charge in [-0.05, 0) is 60.9 Å². The Morgan fingerprint density at radius 1 is 1.22 bits per heavy atom. The second-order valence-corrected chi connectivity index (χ2v) is 11.4. The van der Waals surface area contributed by atoms with E-state index in [1.54, 1.807) is 24.4 Å². The summed E-state index contributed by atoms with van der Waals surface area (Å²) in [5, 5.41) is 3.37. The Kier molecular flexibility index (Phi) is 9.90. The van der Waals surface area contributed by atoms with Gasteiger partial charge in [0.15, 0.2) is 0 Å². The molecule has 0 saturated carbocycles. The number of aromatic nitrogens is 1. The Morgan fingerprint density at radius 3 is 2.95 bits per heavy atom. The molecule has 3 aliphatic heterocycles. The number of rotatable bonds is 7. The van der Waals surface area contributed by atoms with Crippen molar-refractivity contribution < 1.29 is 19.1 Å². The molecule has 9 heteroatoms. The standard InChI is InChI=1S/C32H43N5O4/c1-35(21-24-6-3-12-33-18-24)31(38)17-25-11-14-36-22-26(25)7-5-15-41-30-10-9-28(16-27(30)19-34-20-32(36)39)37-13-4-8-29(37)23-40-2/h3,5-7,9-10,12,16,18,25-26,29,34H,4,8,11,13-15,17,19-23H2,1-2H3/b7-5+/t25-,26-,29-/m0/s1. The number of carbonyl (C=O) groups excluding carboxylic acids is 2. The molecule has 0 aliphatic carbocycles. The van der Waals surface area contributed by atoms with E-state index in [1.165, 1.54) is 5.69 Å². The van der Waals surface area contributed by atoms with E-state index in [1.807, 2.05) is 36.2 Å². The molecule has 5 rings (SSSR count). The Labute approximate surface area is 243 Å². The molecule has 3 atom stereocenters. The molecular formula is C32H43N5O4. The van der Waals surface area contributed by atoms with Gasteiger partial charge in [0.1, 0.15) is 12.4 Å². The number of pyridine rings is 1. The van der Waals surface area contributed by atoms with Crippen molar-refractivity contribution in [3.05, 3.63) is 66.0 Å². The van der Waals surface area contributed by atoms with Gasteiger partial charge in [-0.1, -0.05) is 18.2 Å². The quantitative estimate of drug-likeness (QED) is 0.520. The highest BCUT2D eigenvalue weighted by Crippen LogP contribution is 2.32. The lowest BCUT2D eigenvalue weighted by molar-refractivity contribution is -0.134. The number of nitrogens with zero attached hydrogens (tertiary/aromatic N) is 4. The highest BCUT2D eigenvalue weighted by molar-refractivity contribution is 5.79. The maximum absolute atomic E-state index is 13.2. The molecule has 0 unspecified atom stereocenters. The largest absolute Gasteiger partial charge is 0.489 e. The number of carbonyl (C=O) groups is 2. The van der Waals surface area contributed by atoms with Gasteiger partial charge in [-0.3, -0.25) is 14.6 Å². The minimum Gasteiger partial charge on any atom is -0.489 e. The van der Waals surface area contributed by atoms with Crippen molar-refractivity contribution in [1.82, 2.24) is 20.1 Å². The van der Waals surface area contributed by atoms with Crippen molar-refractivity contribution in [3.63, 3.8) is 0 Å². The summed E-state index contributed by atoms with van der Waals surface area (Å²) in [6.07, 6.45) is 11.3. The van der Waals surface area contributed by atoms with E-state index in [0.29, 0.717) is 45.2 Å². The third kappa shape index (κ3) is 7.45. The molecule has 1 aromatic carbocycles. The van der Waals surface area contributed by atoms with Crippen LogP contribution in [0.4, 0.5) is 5.69 Å². The summed E-state index contributed by atoms with van der Waals surface area (Å²) in [7, 11) is 3.60. The second-order valence-electron chi connectivity index (χ2n) is 11.4. The van der Waals surface area contributed by atoms with Crippen molar-refractivity contribution in [3.8, 4) is 5.75 Å². The highest BCUT2D eigenvalue weighted by Gasteiger charge is 2.32. The van der Waals surface area contributed by atoms with Gasteiger partial charge < -0.3 is 29.5 Å². The molecule has 9 nitrogen and oxygen atoms in total. The normalized spacial score (nSPS) is 24.0. The molecule has 0 spiro atoms. The topological polar surface area (TPSA) is 87.2 Å². The highest BCUT2D eigenvalue weighted by atomic mass is 16.5. The summed E-state index contributed by atoms with van der Waals surface area (Å²) in [4.78, 5) is 36.6. The number of fused-ring (bicyclic) bond motifs is 3. The summed E-state index contributed by atoms with van der Waals surface area (Å²) < 4.78 is 11.7. The van der Waals surface area contributed by atoms with Crippen LogP contribution < -0.4 is 15.0 Å². The minimum atomic E-state index is 0.0967. The van der Waals surface area contributed by atoms with E-state index < -0.39 is 0 Å². The molecule has 3 aliphatic rings. The summed E-state index contributed by atoms with van der Waals surface area (Å²) >= 11 is 0. The van der Waals surface area contributed by atoms with Crippen LogP contribution in [0, 0.1) is 11.8 Å². The maximum atomic E-state index is 13.2. The minimum absolute atomic E-state index is 0.0967. The SMILES string of the molecule is COC[C@@H]1CCCN1c1ccc2c(c1)CNCC(=O)N1CC[C@@H](CC(=O)N(C)Cc3cccnc3)[C@@H](/C=C/CO2)C1. The van der Waals surface area contributed by atoms with Gasteiger partial charge >= 0.3 is 0 Å². The number of piperidine rings is 1. The summed E-state index contributed by atoms with van der Waals surface area (Å²) in [5.74, 6) is 1.31. The van der Waals surface area contributed by atoms with Crippen molar-refractivity contribution in [1.29, 1.82) is 0 Å². The number of amides is 2. The van der Waals surface area contributed by atoms with Gasteiger partial charge in [0.05, 0.1) is 19.2 Å². The summed E-state index contributed by atoms with van der Waals surface area (Å²) in [6.45, 7) is 4.82. The van der Waals surface area contributed by atoms with Crippen LogP contribution >= 0.6 is 0 Å². The van der Waals surface area contributed by atoms with Crippen LogP contribution in [0.3, 0.4) is 0 Å². The summed E-state index contributed by atoms with van der Waals surface area (Å²) in [6, 6.07) is 10.6. The molecule has 220 valence electrons. The van der Waals surface area contributed by atoms with Crippen molar-refractivity contribution in [2.75, 3.05) is 58.5 Å². The fourth-order valence-corrected chi connectivity index (χ4v) is 6.31. The van der Waals surface area contributed by atoms with Crippen LogP contribution in [0.1, 0.15) is 36.8 Å². The monoisotopic (exact) mass is 561 g/mol. The third-order valence-corrected chi connectivity index (χ3v) is 8.59. The van der Waals surface area contributed by atoms with Crippen LogP contribution in [0.5, 0.6) is 5.75 Å². The zero-order valence-corrected chi connectivity index (χ0v) is 24.3. The van der Waals surface area contributed by atoms with Gasteiger partial charge in [0.2, 0.25) is 11.8 Å². The molecule has 4 heterocycles. The van der Waals surface area contributed by atoms with E-state index in [-0.39, 0.29) is 30.2 Å². The fourth-order valence-electron chi connectivity index (χ4n) is 6.31. The van der Waals surface area contributed by atoms with Gasteiger partial charge in [-0.15, -0.1) is 0 Å². The lowest BCUT2D eigenvalue weighted by atomic mass is 9.82. The first-order chi connectivity index (χ1) is 20.0. The van der Waals surface area contributed by atoms with E-state index in [9.17, 15) is 9.59 Å².